The van der Waals surface area contributed by atoms with Crippen molar-refractivity contribution in [3.8, 4) is 0 Å². The summed E-state index contributed by atoms with van der Waals surface area (Å²) in [6, 6.07) is 0. The smallest absolute Gasteiger partial charge is 0.0106 e. The highest BCUT2D eigenvalue weighted by atomic mass is 15.1. The van der Waals surface area contributed by atoms with Gasteiger partial charge in [-0.3, -0.25) is 0 Å². The Morgan fingerprint density at radius 2 is 2.25 bits per heavy atom. The molecule has 0 N–H and O–H groups in total. The van der Waals surface area contributed by atoms with Gasteiger partial charge in [0.05, 0.1) is 0 Å². The molecule has 0 aromatic heterocycles. The molecule has 1 saturated carbocycles. The fourth-order valence-corrected chi connectivity index (χ4v) is 1.12. The molecular formula is C7H14N. The first-order valence-electron chi connectivity index (χ1n) is 3.30. The molecule has 1 aliphatic rings. The van der Waals surface area contributed by atoms with E-state index in [1.54, 1.807) is 0 Å². The molecule has 0 heterocycles. The lowest BCUT2D eigenvalue weighted by molar-refractivity contribution is 0.243. The van der Waals surface area contributed by atoms with Gasteiger partial charge in [0.25, 0.3) is 0 Å². The van der Waals surface area contributed by atoms with E-state index < -0.39 is 0 Å². The summed E-state index contributed by atoms with van der Waals surface area (Å²) in [4.78, 5) is 2.03. The normalized spacial score (nSPS) is 21.4. The minimum absolute atomic E-state index is 0.970. The van der Waals surface area contributed by atoms with Crippen molar-refractivity contribution in [1.82, 2.24) is 4.90 Å². The molecule has 0 aromatic rings. The van der Waals surface area contributed by atoms with E-state index in [1.807, 2.05) is 11.9 Å². The third-order valence-corrected chi connectivity index (χ3v) is 1.79. The predicted molar refractivity (Wildman–Crippen MR) is 35.3 cm³/mol. The van der Waals surface area contributed by atoms with Crippen molar-refractivity contribution in [1.29, 1.82) is 0 Å². The fourth-order valence-electron chi connectivity index (χ4n) is 1.12. The first kappa shape index (κ1) is 6.09. The van der Waals surface area contributed by atoms with Gasteiger partial charge in [-0.1, -0.05) is 6.42 Å². The van der Waals surface area contributed by atoms with Crippen LogP contribution in [0.3, 0.4) is 0 Å². The highest BCUT2D eigenvalue weighted by molar-refractivity contribution is 4.71. The maximum Gasteiger partial charge on any atom is 0.0106 e. The van der Waals surface area contributed by atoms with Crippen molar-refractivity contribution in [3.05, 3.63) is 7.05 Å². The van der Waals surface area contributed by atoms with E-state index in [0.717, 1.165) is 5.92 Å². The molecule has 1 heteroatoms. The van der Waals surface area contributed by atoms with Gasteiger partial charge in [-0.25, -0.2) is 0 Å². The zero-order chi connectivity index (χ0) is 5.98. The fraction of sp³-hybridized carbons (Fsp3) is 0.857. The van der Waals surface area contributed by atoms with E-state index in [1.165, 1.54) is 25.8 Å². The monoisotopic (exact) mass is 112 g/mol. The predicted octanol–water partition coefficient (Wildman–Crippen LogP) is 1.51. The highest BCUT2D eigenvalue weighted by Gasteiger charge is 2.17. The Balaban J connectivity index is 2.01. The largest absolute Gasteiger partial charge is 0.305 e. The highest BCUT2D eigenvalue weighted by Crippen LogP contribution is 2.26. The minimum Gasteiger partial charge on any atom is -0.305 e. The molecule has 0 aromatic carbocycles. The summed E-state index contributed by atoms with van der Waals surface area (Å²) in [6.45, 7) is 1.19. The Morgan fingerprint density at radius 1 is 1.62 bits per heavy atom. The number of hydrogen-bond acceptors (Lipinski definition) is 1. The van der Waals surface area contributed by atoms with Gasteiger partial charge in [-0.2, -0.15) is 0 Å². The summed E-state index contributed by atoms with van der Waals surface area (Å²) in [5.74, 6) is 0.970. The molecule has 1 radical (unpaired) electrons. The summed E-state index contributed by atoms with van der Waals surface area (Å²) in [6.07, 6.45) is 4.30. The first-order valence-corrected chi connectivity index (χ1v) is 3.30. The van der Waals surface area contributed by atoms with Gasteiger partial charge in [0.2, 0.25) is 0 Å². The molecule has 0 amide bonds. The number of nitrogens with zero attached hydrogens (tertiary/aromatic N) is 1. The van der Waals surface area contributed by atoms with E-state index in [2.05, 4.69) is 7.05 Å². The van der Waals surface area contributed by atoms with E-state index in [-0.39, 0.29) is 0 Å². The van der Waals surface area contributed by atoms with Crippen LogP contribution >= 0.6 is 0 Å². The summed E-state index contributed by atoms with van der Waals surface area (Å²) in [5, 5.41) is 0. The molecule has 1 fully saturated rings. The van der Waals surface area contributed by atoms with Gasteiger partial charge in [-0.15, -0.1) is 0 Å². The van der Waals surface area contributed by atoms with Gasteiger partial charge in [0.15, 0.2) is 0 Å². The molecule has 0 bridgehead atoms. The van der Waals surface area contributed by atoms with Crippen LogP contribution < -0.4 is 0 Å². The van der Waals surface area contributed by atoms with Gasteiger partial charge in [0.1, 0.15) is 0 Å². The van der Waals surface area contributed by atoms with Crippen LogP contribution in [0.15, 0.2) is 0 Å². The molecular weight excluding hydrogens is 98.1 g/mol. The Morgan fingerprint density at radius 3 is 2.38 bits per heavy atom. The third kappa shape index (κ3) is 1.48. The van der Waals surface area contributed by atoms with Crippen LogP contribution in [0.2, 0.25) is 0 Å². The molecule has 47 valence electrons. The summed E-state index contributed by atoms with van der Waals surface area (Å²) in [5.41, 5.74) is 0. The number of hydrogen-bond donors (Lipinski definition) is 0. The SMILES string of the molecule is [CH2]N(C)CC1CCC1. The zero-order valence-electron chi connectivity index (χ0n) is 5.56. The molecule has 1 aliphatic carbocycles. The minimum atomic E-state index is 0.970. The van der Waals surface area contributed by atoms with Crippen molar-refractivity contribution in [3.63, 3.8) is 0 Å². The lowest BCUT2D eigenvalue weighted by atomic mass is 9.85. The van der Waals surface area contributed by atoms with Crippen molar-refractivity contribution in [2.75, 3.05) is 13.6 Å². The Labute approximate surface area is 51.7 Å². The van der Waals surface area contributed by atoms with Gasteiger partial charge >= 0.3 is 0 Å². The first-order chi connectivity index (χ1) is 3.79. The topological polar surface area (TPSA) is 3.24 Å². The summed E-state index contributed by atoms with van der Waals surface area (Å²) < 4.78 is 0. The second-order valence-corrected chi connectivity index (χ2v) is 2.84. The lowest BCUT2D eigenvalue weighted by Gasteiger charge is -2.27. The van der Waals surface area contributed by atoms with Crippen molar-refractivity contribution in [2.24, 2.45) is 5.92 Å². The summed E-state index contributed by atoms with van der Waals surface area (Å²) in [7, 11) is 5.83. The lowest BCUT2D eigenvalue weighted by Crippen LogP contribution is -2.24. The van der Waals surface area contributed by atoms with Crippen molar-refractivity contribution in [2.45, 2.75) is 19.3 Å². The zero-order valence-corrected chi connectivity index (χ0v) is 5.56. The van der Waals surface area contributed by atoms with Crippen LogP contribution in [-0.2, 0) is 0 Å². The van der Waals surface area contributed by atoms with Crippen LogP contribution in [0.4, 0.5) is 0 Å². The van der Waals surface area contributed by atoms with E-state index in [4.69, 9.17) is 0 Å². The maximum absolute atomic E-state index is 3.79. The van der Waals surface area contributed by atoms with Crippen LogP contribution in [-0.4, -0.2) is 18.5 Å². The number of rotatable bonds is 2. The van der Waals surface area contributed by atoms with E-state index in [0.29, 0.717) is 0 Å². The molecule has 0 unspecified atom stereocenters. The molecule has 0 saturated heterocycles. The van der Waals surface area contributed by atoms with Crippen molar-refractivity contribution >= 4 is 0 Å². The van der Waals surface area contributed by atoms with Gasteiger partial charge in [-0.05, 0) is 25.8 Å². The average molecular weight is 112 g/mol. The standard InChI is InChI=1S/C7H14N/c1-8(2)6-7-4-3-5-7/h7H,1,3-6H2,2H3. The molecule has 0 atom stereocenters. The summed E-state index contributed by atoms with van der Waals surface area (Å²) >= 11 is 0. The van der Waals surface area contributed by atoms with Crippen LogP contribution in [0.5, 0.6) is 0 Å². The molecule has 0 spiro atoms. The molecule has 1 nitrogen and oxygen atoms in total. The Kier molecular flexibility index (Phi) is 1.90. The second kappa shape index (κ2) is 2.49. The average Bonchev–Trinajstić information content (AvgIpc) is 1.55. The second-order valence-electron chi connectivity index (χ2n) is 2.84. The van der Waals surface area contributed by atoms with Crippen LogP contribution in [0.25, 0.3) is 0 Å². The molecule has 8 heavy (non-hydrogen) atoms. The Bertz CT molecular complexity index is 64.8. The maximum atomic E-state index is 3.79. The Hall–Kier alpha value is -0.0400. The van der Waals surface area contributed by atoms with Crippen LogP contribution in [0.1, 0.15) is 19.3 Å². The molecule has 0 aliphatic heterocycles. The molecule has 1 rings (SSSR count). The van der Waals surface area contributed by atoms with Crippen molar-refractivity contribution < 1.29 is 0 Å². The van der Waals surface area contributed by atoms with E-state index >= 15 is 0 Å². The van der Waals surface area contributed by atoms with Crippen LogP contribution in [0, 0.1) is 13.0 Å². The van der Waals surface area contributed by atoms with Gasteiger partial charge < -0.3 is 4.90 Å². The third-order valence-electron chi connectivity index (χ3n) is 1.79. The van der Waals surface area contributed by atoms with E-state index in [9.17, 15) is 0 Å². The van der Waals surface area contributed by atoms with Gasteiger partial charge in [0, 0.05) is 13.6 Å². The quantitative estimate of drug-likeness (QED) is 0.523.